The van der Waals surface area contributed by atoms with Crippen LogP contribution in [0.2, 0.25) is 0 Å². The maximum absolute atomic E-state index is 12.2. The number of carbonyl (C=O) groups excluding carboxylic acids is 1. The first-order chi connectivity index (χ1) is 10.5. The first kappa shape index (κ1) is 16.7. The molecule has 0 saturated carbocycles. The molecule has 0 aliphatic carbocycles. The summed E-state index contributed by atoms with van der Waals surface area (Å²) in [5.41, 5.74) is 1.10. The summed E-state index contributed by atoms with van der Waals surface area (Å²) in [5.74, 6) is 2.57. The molecular formula is C18H27NO3. The fraction of sp³-hybridized carbons (Fsp3) is 0.611. The monoisotopic (exact) mass is 305 g/mol. The minimum Gasteiger partial charge on any atom is -0.486 e. The molecule has 1 aliphatic rings. The zero-order chi connectivity index (χ0) is 16.1. The fourth-order valence-electron chi connectivity index (χ4n) is 2.86. The lowest BCUT2D eigenvalue weighted by molar-refractivity contribution is -0.122. The van der Waals surface area contributed by atoms with Crippen LogP contribution < -0.4 is 14.8 Å². The Hall–Kier alpha value is -1.71. The second-order valence-corrected chi connectivity index (χ2v) is 6.56. The lowest BCUT2D eigenvalue weighted by Gasteiger charge is -2.26. The molecule has 2 rings (SSSR count). The van der Waals surface area contributed by atoms with E-state index in [2.05, 4.69) is 33.0 Å². The van der Waals surface area contributed by atoms with Crippen LogP contribution in [-0.2, 0) is 11.2 Å². The van der Waals surface area contributed by atoms with Gasteiger partial charge < -0.3 is 14.8 Å². The van der Waals surface area contributed by atoms with Crippen molar-refractivity contribution < 1.29 is 14.3 Å². The summed E-state index contributed by atoms with van der Waals surface area (Å²) in [6, 6.07) is 6.13. The van der Waals surface area contributed by atoms with Gasteiger partial charge >= 0.3 is 0 Å². The van der Waals surface area contributed by atoms with Gasteiger partial charge in [-0.1, -0.05) is 33.8 Å². The van der Waals surface area contributed by atoms with E-state index in [-0.39, 0.29) is 11.9 Å². The van der Waals surface area contributed by atoms with Crippen LogP contribution in [0.3, 0.4) is 0 Å². The lowest BCUT2D eigenvalue weighted by atomic mass is 9.93. The smallest absolute Gasteiger partial charge is 0.220 e. The van der Waals surface area contributed by atoms with Gasteiger partial charge in [0.2, 0.25) is 5.91 Å². The van der Waals surface area contributed by atoms with E-state index >= 15 is 0 Å². The molecule has 1 heterocycles. The van der Waals surface area contributed by atoms with Gasteiger partial charge in [-0.05, 0) is 36.0 Å². The second kappa shape index (κ2) is 7.52. The number of benzene rings is 1. The highest BCUT2D eigenvalue weighted by Gasteiger charge is 2.19. The summed E-state index contributed by atoms with van der Waals surface area (Å²) in [5, 5.41) is 3.15. The average molecular weight is 305 g/mol. The van der Waals surface area contributed by atoms with Crippen LogP contribution >= 0.6 is 0 Å². The number of fused-ring (bicyclic) bond motifs is 1. The predicted molar refractivity (Wildman–Crippen MR) is 87.4 cm³/mol. The zero-order valence-corrected chi connectivity index (χ0v) is 14.0. The summed E-state index contributed by atoms with van der Waals surface area (Å²) < 4.78 is 11.1. The third-order valence-electron chi connectivity index (χ3n) is 4.01. The SMILES string of the molecule is CC(C)C(NC(=O)CCc1ccc2c(c1)OCCO2)C(C)C. The molecule has 1 N–H and O–H groups in total. The maximum Gasteiger partial charge on any atom is 0.220 e. The Balaban J connectivity index is 1.88. The number of aryl methyl sites for hydroxylation is 1. The highest BCUT2D eigenvalue weighted by Crippen LogP contribution is 2.31. The summed E-state index contributed by atoms with van der Waals surface area (Å²) in [7, 11) is 0. The molecule has 4 nitrogen and oxygen atoms in total. The lowest BCUT2D eigenvalue weighted by Crippen LogP contribution is -2.42. The Morgan fingerprint density at radius 2 is 1.73 bits per heavy atom. The van der Waals surface area contributed by atoms with Crippen molar-refractivity contribution >= 4 is 5.91 Å². The summed E-state index contributed by atoms with van der Waals surface area (Å²) in [4.78, 5) is 12.2. The van der Waals surface area contributed by atoms with Crippen molar-refractivity contribution in [2.24, 2.45) is 11.8 Å². The molecule has 0 saturated heterocycles. The molecule has 0 bridgehead atoms. The van der Waals surface area contributed by atoms with Crippen LogP contribution in [0.4, 0.5) is 0 Å². The van der Waals surface area contributed by atoms with Gasteiger partial charge in [0.25, 0.3) is 0 Å². The molecule has 0 spiro atoms. The predicted octanol–water partition coefficient (Wildman–Crippen LogP) is 3.19. The van der Waals surface area contributed by atoms with Crippen LogP contribution in [0, 0.1) is 11.8 Å². The first-order valence-electron chi connectivity index (χ1n) is 8.15. The maximum atomic E-state index is 12.2. The number of hydrogen-bond donors (Lipinski definition) is 1. The molecule has 4 heteroatoms. The molecule has 0 unspecified atom stereocenters. The molecule has 1 aliphatic heterocycles. The third-order valence-corrected chi connectivity index (χ3v) is 4.01. The van der Waals surface area contributed by atoms with Crippen LogP contribution in [0.15, 0.2) is 18.2 Å². The van der Waals surface area contributed by atoms with E-state index in [9.17, 15) is 4.79 Å². The number of hydrogen-bond acceptors (Lipinski definition) is 3. The topological polar surface area (TPSA) is 47.6 Å². The van der Waals surface area contributed by atoms with E-state index in [1.807, 2.05) is 18.2 Å². The van der Waals surface area contributed by atoms with Gasteiger partial charge in [-0.2, -0.15) is 0 Å². The average Bonchev–Trinajstić information content (AvgIpc) is 2.49. The standard InChI is InChI=1S/C18H27NO3/c1-12(2)18(13(3)4)19-17(20)8-6-14-5-7-15-16(11-14)22-10-9-21-15/h5,7,11-13,18H,6,8-10H2,1-4H3,(H,19,20). The van der Waals surface area contributed by atoms with Crippen molar-refractivity contribution in [2.75, 3.05) is 13.2 Å². The van der Waals surface area contributed by atoms with Gasteiger partial charge in [-0.25, -0.2) is 0 Å². The van der Waals surface area contributed by atoms with E-state index in [1.165, 1.54) is 0 Å². The van der Waals surface area contributed by atoms with E-state index in [1.54, 1.807) is 0 Å². The normalized spacial score (nSPS) is 13.8. The second-order valence-electron chi connectivity index (χ2n) is 6.56. The number of nitrogens with one attached hydrogen (secondary N) is 1. The molecule has 0 aromatic heterocycles. The van der Waals surface area contributed by atoms with Gasteiger partial charge in [0, 0.05) is 12.5 Å². The van der Waals surface area contributed by atoms with Crippen molar-refractivity contribution in [1.29, 1.82) is 0 Å². The quantitative estimate of drug-likeness (QED) is 0.878. The molecule has 122 valence electrons. The largest absolute Gasteiger partial charge is 0.486 e. The Morgan fingerprint density at radius 1 is 1.09 bits per heavy atom. The van der Waals surface area contributed by atoms with E-state index in [0.717, 1.165) is 17.1 Å². The molecule has 22 heavy (non-hydrogen) atoms. The van der Waals surface area contributed by atoms with Crippen LogP contribution in [-0.4, -0.2) is 25.2 Å². The third kappa shape index (κ3) is 4.39. The minimum atomic E-state index is 0.113. The van der Waals surface area contributed by atoms with Crippen LogP contribution in [0.1, 0.15) is 39.7 Å². The van der Waals surface area contributed by atoms with Gasteiger partial charge in [0.1, 0.15) is 13.2 Å². The van der Waals surface area contributed by atoms with Crippen molar-refractivity contribution in [1.82, 2.24) is 5.32 Å². The van der Waals surface area contributed by atoms with E-state index in [4.69, 9.17) is 9.47 Å². The Kier molecular flexibility index (Phi) is 5.69. The Morgan fingerprint density at radius 3 is 2.36 bits per heavy atom. The number of rotatable bonds is 6. The zero-order valence-electron chi connectivity index (χ0n) is 14.0. The minimum absolute atomic E-state index is 0.113. The molecule has 1 amide bonds. The van der Waals surface area contributed by atoms with Crippen molar-refractivity contribution in [3.63, 3.8) is 0 Å². The van der Waals surface area contributed by atoms with Crippen LogP contribution in [0.25, 0.3) is 0 Å². The fourth-order valence-corrected chi connectivity index (χ4v) is 2.86. The summed E-state index contributed by atoms with van der Waals surface area (Å²) in [6.45, 7) is 9.76. The van der Waals surface area contributed by atoms with Gasteiger partial charge in [-0.15, -0.1) is 0 Å². The van der Waals surface area contributed by atoms with Gasteiger partial charge in [0.05, 0.1) is 0 Å². The highest BCUT2D eigenvalue weighted by molar-refractivity contribution is 5.76. The molecule has 1 aromatic carbocycles. The molecule has 0 fully saturated rings. The van der Waals surface area contributed by atoms with Crippen LogP contribution in [0.5, 0.6) is 11.5 Å². The Labute approximate surface area is 133 Å². The number of ether oxygens (including phenoxy) is 2. The Bertz CT molecular complexity index is 503. The number of carbonyl (C=O) groups is 1. The molecule has 0 atom stereocenters. The van der Waals surface area contributed by atoms with E-state index < -0.39 is 0 Å². The highest BCUT2D eigenvalue weighted by atomic mass is 16.6. The van der Waals surface area contributed by atoms with Crippen molar-refractivity contribution in [3.8, 4) is 11.5 Å². The first-order valence-corrected chi connectivity index (χ1v) is 8.15. The van der Waals surface area contributed by atoms with E-state index in [0.29, 0.717) is 37.9 Å². The molecular weight excluding hydrogens is 278 g/mol. The number of amides is 1. The summed E-state index contributed by atoms with van der Waals surface area (Å²) in [6.07, 6.45) is 1.21. The van der Waals surface area contributed by atoms with Crippen molar-refractivity contribution in [3.05, 3.63) is 23.8 Å². The van der Waals surface area contributed by atoms with Gasteiger partial charge in [0.15, 0.2) is 11.5 Å². The molecule has 0 radical (unpaired) electrons. The van der Waals surface area contributed by atoms with Crippen molar-refractivity contribution in [2.45, 2.75) is 46.6 Å². The summed E-state index contributed by atoms with van der Waals surface area (Å²) >= 11 is 0. The molecule has 1 aromatic rings. The van der Waals surface area contributed by atoms with Gasteiger partial charge in [-0.3, -0.25) is 4.79 Å².